The Labute approximate surface area is 148 Å². The summed E-state index contributed by atoms with van der Waals surface area (Å²) in [6.07, 6.45) is 2.94. The van der Waals surface area contributed by atoms with Crippen LogP contribution in [0.25, 0.3) is 0 Å². The number of thiazole rings is 1. The molecular weight excluding hydrogens is 320 g/mol. The predicted molar refractivity (Wildman–Crippen MR) is 101 cm³/mol. The molecule has 0 amide bonds. The van der Waals surface area contributed by atoms with Crippen LogP contribution in [0.1, 0.15) is 34.7 Å². The molecular formula is C18H26N4OS. The molecule has 1 unspecified atom stereocenters. The van der Waals surface area contributed by atoms with Gasteiger partial charge < -0.3 is 15.4 Å². The van der Waals surface area contributed by atoms with E-state index in [0.29, 0.717) is 5.92 Å². The van der Waals surface area contributed by atoms with Crippen LogP contribution >= 0.6 is 11.3 Å². The first-order valence-electron chi connectivity index (χ1n) is 8.12. The van der Waals surface area contributed by atoms with Crippen LogP contribution in [0, 0.1) is 6.92 Å². The summed E-state index contributed by atoms with van der Waals surface area (Å²) in [6, 6.07) is 8.28. The minimum atomic E-state index is 0.477. The van der Waals surface area contributed by atoms with Crippen LogP contribution in [0.15, 0.2) is 35.5 Å². The zero-order valence-electron chi connectivity index (χ0n) is 14.8. The Balaban J connectivity index is 1.74. The lowest BCUT2D eigenvalue weighted by atomic mass is 9.98. The van der Waals surface area contributed by atoms with Crippen LogP contribution in [-0.4, -0.2) is 31.6 Å². The van der Waals surface area contributed by atoms with E-state index in [9.17, 15) is 0 Å². The number of hydrogen-bond donors (Lipinski definition) is 2. The van der Waals surface area contributed by atoms with Gasteiger partial charge >= 0.3 is 0 Å². The van der Waals surface area contributed by atoms with Crippen LogP contribution in [0.5, 0.6) is 5.75 Å². The van der Waals surface area contributed by atoms with Gasteiger partial charge in [0.25, 0.3) is 0 Å². The second-order valence-corrected chi connectivity index (χ2v) is 6.98. The Bertz CT molecular complexity index is 651. The van der Waals surface area contributed by atoms with Crippen LogP contribution < -0.4 is 15.4 Å². The molecule has 0 aliphatic carbocycles. The number of rotatable bonds is 7. The molecule has 1 heterocycles. The lowest BCUT2D eigenvalue weighted by Gasteiger charge is -2.15. The smallest absolute Gasteiger partial charge is 0.191 e. The van der Waals surface area contributed by atoms with Crippen LogP contribution in [0.4, 0.5) is 0 Å². The summed E-state index contributed by atoms with van der Waals surface area (Å²) >= 11 is 1.70. The van der Waals surface area contributed by atoms with Crippen molar-refractivity contribution in [2.45, 2.75) is 32.7 Å². The zero-order chi connectivity index (χ0) is 17.4. The van der Waals surface area contributed by atoms with Crippen molar-refractivity contribution in [3.05, 3.63) is 45.9 Å². The number of hydrogen-bond acceptors (Lipinski definition) is 4. The number of guanidine groups is 1. The van der Waals surface area contributed by atoms with Gasteiger partial charge in [0.05, 0.1) is 18.7 Å². The number of aromatic nitrogens is 1. The molecule has 1 aromatic carbocycles. The maximum atomic E-state index is 5.20. The largest absolute Gasteiger partial charge is 0.497 e. The van der Waals surface area contributed by atoms with Crippen LogP contribution in [0.2, 0.25) is 0 Å². The van der Waals surface area contributed by atoms with Gasteiger partial charge in [-0.2, -0.15) is 0 Å². The highest BCUT2D eigenvalue weighted by Gasteiger charge is 2.07. The molecule has 0 saturated carbocycles. The molecule has 1 atom stereocenters. The van der Waals surface area contributed by atoms with E-state index in [0.717, 1.165) is 36.2 Å². The molecule has 0 saturated heterocycles. The summed E-state index contributed by atoms with van der Waals surface area (Å²) in [7, 11) is 3.48. The quantitative estimate of drug-likeness (QED) is 0.596. The summed E-state index contributed by atoms with van der Waals surface area (Å²) in [6.45, 7) is 5.87. The van der Waals surface area contributed by atoms with Crippen molar-refractivity contribution in [2.24, 2.45) is 4.99 Å². The van der Waals surface area contributed by atoms with Crippen molar-refractivity contribution in [3.63, 3.8) is 0 Å². The standard InChI is InChI=1S/C18H26N4OS/c1-13(15-5-7-16(23-4)8-6-15)9-10-20-18(19-3)22-12-17-11-21-14(2)24-17/h5-8,11,13H,9-10,12H2,1-4H3,(H2,19,20,22). The average molecular weight is 347 g/mol. The predicted octanol–water partition coefficient (Wildman–Crippen LogP) is 3.32. The summed E-state index contributed by atoms with van der Waals surface area (Å²) in [5.41, 5.74) is 1.32. The first-order chi connectivity index (χ1) is 11.6. The molecule has 130 valence electrons. The van der Waals surface area contributed by atoms with Crippen molar-refractivity contribution in [1.82, 2.24) is 15.6 Å². The Hall–Kier alpha value is -2.08. The lowest BCUT2D eigenvalue weighted by molar-refractivity contribution is 0.414. The Morgan fingerprint density at radius 1 is 1.29 bits per heavy atom. The normalized spacial score (nSPS) is 12.8. The van der Waals surface area contributed by atoms with Gasteiger partial charge in [0, 0.05) is 24.7 Å². The van der Waals surface area contributed by atoms with E-state index >= 15 is 0 Å². The molecule has 0 aliphatic heterocycles. The summed E-state index contributed by atoms with van der Waals surface area (Å²) < 4.78 is 5.20. The first kappa shape index (κ1) is 18.3. The minimum absolute atomic E-state index is 0.477. The fourth-order valence-electron chi connectivity index (χ4n) is 2.38. The maximum absolute atomic E-state index is 5.20. The maximum Gasteiger partial charge on any atom is 0.191 e. The third kappa shape index (κ3) is 5.53. The van der Waals surface area contributed by atoms with E-state index in [1.54, 1.807) is 25.5 Å². The van der Waals surface area contributed by atoms with Crippen LogP contribution in [-0.2, 0) is 6.54 Å². The van der Waals surface area contributed by atoms with Crippen molar-refractivity contribution < 1.29 is 4.74 Å². The second kappa shape index (κ2) is 9.27. The van der Waals surface area contributed by atoms with Gasteiger partial charge in [-0.1, -0.05) is 19.1 Å². The molecule has 2 aromatic rings. The molecule has 6 heteroatoms. The molecule has 24 heavy (non-hydrogen) atoms. The molecule has 1 aromatic heterocycles. The van der Waals surface area contributed by atoms with Crippen molar-refractivity contribution in [2.75, 3.05) is 20.7 Å². The minimum Gasteiger partial charge on any atom is -0.497 e. The number of benzene rings is 1. The third-order valence-electron chi connectivity index (χ3n) is 3.88. The number of ether oxygens (including phenoxy) is 1. The van der Waals surface area contributed by atoms with Gasteiger partial charge in [-0.3, -0.25) is 4.99 Å². The lowest BCUT2D eigenvalue weighted by Crippen LogP contribution is -2.37. The Morgan fingerprint density at radius 3 is 2.62 bits per heavy atom. The topological polar surface area (TPSA) is 58.5 Å². The number of nitrogens with zero attached hydrogens (tertiary/aromatic N) is 2. The molecule has 0 spiro atoms. The SMILES string of the molecule is CN=C(NCCC(C)c1ccc(OC)cc1)NCc1cnc(C)s1. The molecule has 5 nitrogen and oxygen atoms in total. The molecule has 2 rings (SSSR count). The Morgan fingerprint density at radius 2 is 2.04 bits per heavy atom. The van der Waals surface area contributed by atoms with Gasteiger partial charge in [-0.25, -0.2) is 4.98 Å². The number of aryl methyl sites for hydroxylation is 1. The fraction of sp³-hybridized carbons (Fsp3) is 0.444. The Kier molecular flexibility index (Phi) is 7.06. The molecule has 0 aliphatic rings. The monoisotopic (exact) mass is 346 g/mol. The number of nitrogens with one attached hydrogen (secondary N) is 2. The van der Waals surface area contributed by atoms with E-state index in [1.165, 1.54) is 10.4 Å². The second-order valence-electron chi connectivity index (χ2n) is 5.66. The zero-order valence-corrected chi connectivity index (χ0v) is 15.6. The van der Waals surface area contributed by atoms with Gasteiger partial charge in [0.15, 0.2) is 5.96 Å². The molecule has 0 radical (unpaired) electrons. The van der Waals surface area contributed by atoms with E-state index in [-0.39, 0.29) is 0 Å². The molecule has 2 N–H and O–H groups in total. The van der Waals surface area contributed by atoms with E-state index in [2.05, 4.69) is 39.7 Å². The van der Waals surface area contributed by atoms with E-state index < -0.39 is 0 Å². The van der Waals surface area contributed by atoms with Gasteiger partial charge in [0.2, 0.25) is 0 Å². The highest BCUT2D eigenvalue weighted by atomic mass is 32.1. The van der Waals surface area contributed by atoms with Gasteiger partial charge in [-0.15, -0.1) is 11.3 Å². The van der Waals surface area contributed by atoms with Crippen molar-refractivity contribution in [1.29, 1.82) is 0 Å². The molecule has 0 fully saturated rings. The first-order valence-corrected chi connectivity index (χ1v) is 8.93. The average Bonchev–Trinajstić information content (AvgIpc) is 3.03. The summed E-state index contributed by atoms with van der Waals surface area (Å²) in [5.74, 6) is 2.20. The third-order valence-corrected chi connectivity index (χ3v) is 4.79. The van der Waals surface area contributed by atoms with E-state index in [4.69, 9.17) is 4.74 Å². The van der Waals surface area contributed by atoms with Gasteiger partial charge in [0.1, 0.15) is 5.75 Å². The fourth-order valence-corrected chi connectivity index (χ4v) is 3.12. The summed E-state index contributed by atoms with van der Waals surface area (Å²) in [5, 5.41) is 7.77. The number of aliphatic imine (C=N–C) groups is 1. The number of methoxy groups -OCH3 is 1. The highest BCUT2D eigenvalue weighted by molar-refractivity contribution is 7.11. The highest BCUT2D eigenvalue weighted by Crippen LogP contribution is 2.21. The summed E-state index contributed by atoms with van der Waals surface area (Å²) in [4.78, 5) is 9.74. The van der Waals surface area contributed by atoms with Crippen molar-refractivity contribution >= 4 is 17.3 Å². The van der Waals surface area contributed by atoms with Crippen LogP contribution in [0.3, 0.4) is 0 Å². The van der Waals surface area contributed by atoms with E-state index in [1.807, 2.05) is 25.3 Å². The van der Waals surface area contributed by atoms with Gasteiger partial charge in [-0.05, 0) is 37.0 Å². The molecule has 0 bridgehead atoms. The van der Waals surface area contributed by atoms with Crippen molar-refractivity contribution in [3.8, 4) is 5.75 Å².